The highest BCUT2D eigenvalue weighted by Crippen LogP contribution is 1.79. The number of hydrogen-bond acceptors (Lipinski definition) is 6. The fraction of sp³-hybridized carbons (Fsp3) is 0. The van der Waals surface area contributed by atoms with E-state index in [0.29, 0.717) is 5.17 Å². The second kappa shape index (κ2) is 6.91. The maximum absolute atomic E-state index is 6.13. The number of terminal acetylenes is 1. The van der Waals surface area contributed by atoms with E-state index >= 15 is 0 Å². The van der Waals surface area contributed by atoms with Crippen molar-refractivity contribution in [3.8, 4) is 36.1 Å². The molecule has 0 radical (unpaired) electrons. The van der Waals surface area contributed by atoms with Gasteiger partial charge in [-0.05, 0) is 16.8 Å². The Morgan fingerprint density at radius 2 is 2.17 bits per heavy atom. The van der Waals surface area contributed by atoms with Gasteiger partial charge in [0.2, 0.25) is 0 Å². The van der Waals surface area contributed by atoms with Crippen molar-refractivity contribution >= 4 is 0 Å². The van der Waals surface area contributed by atoms with Gasteiger partial charge in [-0.3, -0.25) is 0 Å². The van der Waals surface area contributed by atoms with Crippen molar-refractivity contribution in [2.24, 2.45) is 11.1 Å². The predicted octanol–water partition coefficient (Wildman–Crippen LogP) is -0.431. The molecule has 0 fully saturated rings. The van der Waals surface area contributed by atoms with Gasteiger partial charge in [0, 0.05) is 11.8 Å². The van der Waals surface area contributed by atoms with Gasteiger partial charge in [0.15, 0.2) is 0 Å². The monoisotopic (exact) mass is 164 g/mol. The van der Waals surface area contributed by atoms with Crippen LogP contribution in [-0.4, -0.2) is 5.17 Å². The zero-order valence-corrected chi connectivity index (χ0v) is 5.87. The number of hydrazine groups is 1. The quantitative estimate of drug-likeness (QED) is 0.148. The maximum atomic E-state index is 6.13. The Morgan fingerprint density at radius 1 is 1.42 bits per heavy atom. The molecule has 0 aromatic carbocycles. The molecule has 0 saturated carbocycles. The Bertz CT molecular complexity index is 297. The SMILES string of the molecule is C#CC#CC#CN(N)OON=N. The minimum atomic E-state index is 0.489. The molecule has 6 heteroatoms. The lowest BCUT2D eigenvalue weighted by Crippen LogP contribution is -2.24. The van der Waals surface area contributed by atoms with Gasteiger partial charge in [0.1, 0.15) is 0 Å². The molecule has 0 unspecified atom stereocenters. The first-order valence-electron chi connectivity index (χ1n) is 2.53. The van der Waals surface area contributed by atoms with Crippen molar-refractivity contribution in [3.63, 3.8) is 0 Å². The van der Waals surface area contributed by atoms with Gasteiger partial charge in [-0.2, -0.15) is 10.5 Å². The summed E-state index contributed by atoms with van der Waals surface area (Å²) in [5.41, 5.74) is 6.13. The van der Waals surface area contributed by atoms with Crippen LogP contribution in [-0.2, 0) is 9.98 Å². The molecule has 60 valence electrons. The fourth-order valence-electron chi connectivity index (χ4n) is 0.222. The molecule has 0 bridgehead atoms. The lowest BCUT2D eigenvalue weighted by Gasteiger charge is -2.01. The van der Waals surface area contributed by atoms with Gasteiger partial charge in [0.25, 0.3) is 0 Å². The molecule has 0 aromatic rings. The average molecular weight is 164 g/mol. The second-order valence-electron chi connectivity index (χ2n) is 1.20. The van der Waals surface area contributed by atoms with Crippen LogP contribution < -0.4 is 5.84 Å². The molecule has 3 N–H and O–H groups in total. The second-order valence-corrected chi connectivity index (χ2v) is 1.20. The first kappa shape index (κ1) is 9.80. The Morgan fingerprint density at radius 3 is 2.75 bits per heavy atom. The Kier molecular flexibility index (Phi) is 5.65. The van der Waals surface area contributed by atoms with Crippen LogP contribution in [0, 0.1) is 41.7 Å². The summed E-state index contributed by atoms with van der Waals surface area (Å²) in [5, 5.41) is 2.88. The molecule has 0 saturated heterocycles. The van der Waals surface area contributed by atoms with Crippen LogP contribution in [0.15, 0.2) is 5.28 Å². The average Bonchev–Trinajstić information content (AvgIpc) is 2.09. The summed E-state index contributed by atoms with van der Waals surface area (Å²) in [6.45, 7) is 0. The van der Waals surface area contributed by atoms with Crippen LogP contribution in [0.4, 0.5) is 0 Å². The summed E-state index contributed by atoms with van der Waals surface area (Å²) in [7, 11) is 0. The van der Waals surface area contributed by atoms with Crippen LogP contribution in [0.5, 0.6) is 0 Å². The van der Waals surface area contributed by atoms with Crippen LogP contribution in [0.2, 0.25) is 0 Å². The van der Waals surface area contributed by atoms with Crippen LogP contribution in [0.25, 0.3) is 0 Å². The molecule has 0 aromatic heterocycles. The Balaban J connectivity index is 3.80. The van der Waals surface area contributed by atoms with Crippen molar-refractivity contribution in [1.82, 2.24) is 5.17 Å². The summed E-state index contributed by atoms with van der Waals surface area (Å²) in [6, 6.07) is 2.15. The smallest absolute Gasteiger partial charge is 0.0716 e. The highest BCUT2D eigenvalue weighted by atomic mass is 17.3. The minimum absolute atomic E-state index is 0.489. The highest BCUT2D eigenvalue weighted by molar-refractivity contribution is 5.33. The predicted molar refractivity (Wildman–Crippen MR) is 37.7 cm³/mol. The molecule has 0 aliphatic heterocycles. The van der Waals surface area contributed by atoms with Gasteiger partial charge in [-0.1, -0.05) is 5.17 Å². The summed E-state index contributed by atoms with van der Waals surface area (Å²) < 4.78 is 0. The van der Waals surface area contributed by atoms with Crippen molar-refractivity contribution in [2.75, 3.05) is 0 Å². The summed E-state index contributed by atoms with van der Waals surface area (Å²) in [5.74, 6) is 13.8. The number of rotatable bonds is 3. The van der Waals surface area contributed by atoms with E-state index < -0.39 is 0 Å². The molecule has 6 nitrogen and oxygen atoms in total. The molecule has 0 heterocycles. The highest BCUT2D eigenvalue weighted by Gasteiger charge is 1.88. The normalized spacial score (nSPS) is 6.00. The molecule has 0 amide bonds. The largest absolute Gasteiger partial charge is 0.211 e. The summed E-state index contributed by atoms with van der Waals surface area (Å²) in [4.78, 5) is 7.79. The van der Waals surface area contributed by atoms with Gasteiger partial charge >= 0.3 is 0 Å². The number of nitrogens with one attached hydrogen (secondary N) is 1. The first-order chi connectivity index (χ1) is 5.81. The van der Waals surface area contributed by atoms with Crippen molar-refractivity contribution in [2.45, 2.75) is 0 Å². The lowest BCUT2D eigenvalue weighted by atomic mass is 10.6. The summed E-state index contributed by atoms with van der Waals surface area (Å²) in [6.07, 6.45) is 4.79. The number of hydroxylamine groups is 1. The van der Waals surface area contributed by atoms with Crippen molar-refractivity contribution in [1.29, 1.82) is 5.53 Å². The number of hydrogen-bond donors (Lipinski definition) is 2. The third kappa shape index (κ3) is 5.93. The van der Waals surface area contributed by atoms with E-state index in [0.717, 1.165) is 0 Å². The molecule has 0 aliphatic carbocycles. The molecule has 0 rings (SSSR count). The topological polar surface area (TPSA) is 83.9 Å². The van der Waals surface area contributed by atoms with E-state index in [2.05, 4.69) is 39.1 Å². The van der Waals surface area contributed by atoms with Gasteiger partial charge in [-0.25, -0.2) is 5.84 Å². The lowest BCUT2D eigenvalue weighted by molar-refractivity contribution is -0.416. The van der Waals surface area contributed by atoms with Gasteiger partial charge < -0.3 is 0 Å². The molecular formula is C6H4N4O2. The first-order valence-corrected chi connectivity index (χ1v) is 2.53. The third-order valence-electron chi connectivity index (χ3n) is 0.514. The molecule has 0 aliphatic rings. The fourth-order valence-corrected chi connectivity index (χ4v) is 0.222. The number of nitrogens with two attached hydrogens (primary N) is 1. The van der Waals surface area contributed by atoms with Gasteiger partial charge in [-0.15, -0.1) is 6.42 Å². The molecule has 0 atom stereocenters. The van der Waals surface area contributed by atoms with E-state index in [9.17, 15) is 0 Å². The molecular weight excluding hydrogens is 160 g/mol. The van der Waals surface area contributed by atoms with Crippen molar-refractivity contribution < 1.29 is 9.98 Å². The van der Waals surface area contributed by atoms with Crippen LogP contribution in [0.3, 0.4) is 0 Å². The van der Waals surface area contributed by atoms with E-state index in [-0.39, 0.29) is 0 Å². The van der Waals surface area contributed by atoms with Crippen molar-refractivity contribution in [3.05, 3.63) is 0 Å². The number of nitrogens with zero attached hydrogens (tertiary/aromatic N) is 2. The molecule has 12 heavy (non-hydrogen) atoms. The van der Waals surface area contributed by atoms with Gasteiger partial charge in [0.05, 0.1) is 11.3 Å². The zero-order valence-electron chi connectivity index (χ0n) is 5.87. The van der Waals surface area contributed by atoms with E-state index in [1.54, 1.807) is 0 Å². The Labute approximate surface area is 68.9 Å². The third-order valence-corrected chi connectivity index (χ3v) is 0.514. The van der Waals surface area contributed by atoms with Crippen LogP contribution >= 0.6 is 0 Å². The summed E-state index contributed by atoms with van der Waals surface area (Å²) >= 11 is 0. The standard InChI is InChI=1S/C6H4N4O2/c1-2-3-4-5-6-10(8)12-11-9-7/h1,7H,8H2. The maximum Gasteiger partial charge on any atom is 0.0716 e. The van der Waals surface area contributed by atoms with Crippen LogP contribution in [0.1, 0.15) is 0 Å². The molecule has 0 spiro atoms. The zero-order chi connectivity index (χ0) is 9.23. The van der Waals surface area contributed by atoms with E-state index in [1.807, 2.05) is 5.92 Å². The van der Waals surface area contributed by atoms with E-state index in [1.165, 1.54) is 0 Å². The Hall–Kier alpha value is -2.20. The minimum Gasteiger partial charge on any atom is -0.211 e. The van der Waals surface area contributed by atoms with E-state index in [4.69, 9.17) is 17.8 Å².